The van der Waals surface area contributed by atoms with E-state index in [1.165, 1.54) is 0 Å². The molecule has 2 aromatic rings. The van der Waals surface area contributed by atoms with E-state index in [2.05, 4.69) is 0 Å². The molecule has 4 aliphatic rings. The fraction of sp³-hybridized carbons (Fsp3) is 0.455. The molecule has 7 atom stereocenters. The second kappa shape index (κ2) is 6.77. The van der Waals surface area contributed by atoms with Crippen molar-refractivity contribution in [3.63, 3.8) is 0 Å². The van der Waals surface area contributed by atoms with Crippen molar-refractivity contribution < 1.29 is 33.9 Å². The molecule has 6 rings (SSSR count). The summed E-state index contributed by atoms with van der Waals surface area (Å²) < 4.78 is 29.5. The molecule has 2 N–H and O–H groups in total. The Morgan fingerprint density at radius 3 is 2.34 bits per heavy atom. The monoisotopic (exact) mass is 400 g/mol. The van der Waals surface area contributed by atoms with Crippen LogP contribution in [-0.4, -0.2) is 53.4 Å². The van der Waals surface area contributed by atoms with Crippen LogP contribution in [0, 0.1) is 0 Å². The predicted octanol–water partition coefficient (Wildman–Crippen LogP) is 1.70. The molecule has 4 fully saturated rings. The van der Waals surface area contributed by atoms with Crippen molar-refractivity contribution in [2.45, 2.75) is 55.6 Å². The summed E-state index contributed by atoms with van der Waals surface area (Å²) in [6.07, 6.45) is -3.95. The number of methoxy groups -OCH3 is 1. The van der Waals surface area contributed by atoms with Crippen LogP contribution in [0.5, 0.6) is 5.75 Å². The maximum Gasteiger partial charge on any atom is 0.313 e. The highest BCUT2D eigenvalue weighted by Crippen LogP contribution is 2.54. The summed E-state index contributed by atoms with van der Waals surface area (Å²) in [5.41, 5.74) is 0.182. The molecule has 0 aromatic heterocycles. The quantitative estimate of drug-likeness (QED) is 0.790. The van der Waals surface area contributed by atoms with Crippen LogP contribution in [0.3, 0.4) is 0 Å². The van der Waals surface area contributed by atoms with E-state index in [9.17, 15) is 10.2 Å². The van der Waals surface area contributed by atoms with E-state index in [-0.39, 0.29) is 6.61 Å². The highest BCUT2D eigenvalue weighted by atomic mass is 16.9. The molecule has 3 aliphatic heterocycles. The van der Waals surface area contributed by atoms with E-state index < -0.39 is 42.1 Å². The minimum atomic E-state index is -1.46. The SMILES string of the molecule is COc1ccc(CO[C@H]2[C@@H]3O[C@]4(c5ccccc5)O[C@H]2[C@](C)(O)[C@@H](O4)[C@@H]3O)cc1. The summed E-state index contributed by atoms with van der Waals surface area (Å²) in [6.45, 7) is 1.88. The van der Waals surface area contributed by atoms with Crippen molar-refractivity contribution >= 4 is 0 Å². The molecule has 0 unspecified atom stereocenters. The average Bonchev–Trinajstić information content (AvgIpc) is 2.75. The van der Waals surface area contributed by atoms with Crippen LogP contribution in [-0.2, 0) is 31.5 Å². The number of rotatable bonds is 5. The molecule has 4 bridgehead atoms. The molecule has 7 heteroatoms. The van der Waals surface area contributed by atoms with Gasteiger partial charge in [-0.3, -0.25) is 0 Å². The second-order valence-corrected chi connectivity index (χ2v) is 7.92. The number of benzene rings is 2. The van der Waals surface area contributed by atoms with Gasteiger partial charge in [0.2, 0.25) is 0 Å². The van der Waals surface area contributed by atoms with Gasteiger partial charge in [0.05, 0.1) is 13.7 Å². The van der Waals surface area contributed by atoms with Gasteiger partial charge in [-0.05, 0) is 24.6 Å². The zero-order valence-corrected chi connectivity index (χ0v) is 16.2. The molecular weight excluding hydrogens is 376 g/mol. The molecule has 3 heterocycles. The van der Waals surface area contributed by atoms with Crippen LogP contribution in [0.2, 0.25) is 0 Å². The number of aliphatic hydroxyl groups is 2. The number of aliphatic hydroxyl groups excluding tert-OH is 1. The van der Waals surface area contributed by atoms with Crippen molar-refractivity contribution in [3.05, 3.63) is 65.7 Å². The molecule has 29 heavy (non-hydrogen) atoms. The van der Waals surface area contributed by atoms with Crippen LogP contribution < -0.4 is 4.74 Å². The first-order valence-electron chi connectivity index (χ1n) is 9.68. The Kier molecular flexibility index (Phi) is 4.43. The van der Waals surface area contributed by atoms with Crippen LogP contribution in [0.4, 0.5) is 0 Å². The van der Waals surface area contributed by atoms with Gasteiger partial charge in [-0.2, -0.15) is 0 Å². The molecule has 1 aliphatic carbocycles. The Balaban J connectivity index is 1.42. The van der Waals surface area contributed by atoms with Gasteiger partial charge in [0, 0.05) is 5.56 Å². The van der Waals surface area contributed by atoms with Crippen molar-refractivity contribution in [2.75, 3.05) is 7.11 Å². The lowest BCUT2D eigenvalue weighted by molar-refractivity contribution is -0.563. The van der Waals surface area contributed by atoms with Crippen molar-refractivity contribution in [1.82, 2.24) is 0 Å². The van der Waals surface area contributed by atoms with Gasteiger partial charge in [-0.25, -0.2) is 0 Å². The Hall–Kier alpha value is -2.00. The normalized spacial score (nSPS) is 40.2. The Morgan fingerprint density at radius 2 is 1.66 bits per heavy atom. The summed E-state index contributed by atoms with van der Waals surface area (Å²) >= 11 is 0. The third-order valence-electron chi connectivity index (χ3n) is 6.01. The van der Waals surface area contributed by atoms with E-state index in [1.807, 2.05) is 54.6 Å². The zero-order chi connectivity index (χ0) is 20.2. The number of hydrogen-bond acceptors (Lipinski definition) is 7. The van der Waals surface area contributed by atoms with Gasteiger partial charge in [0.15, 0.2) is 0 Å². The van der Waals surface area contributed by atoms with Crippen LogP contribution in [0.25, 0.3) is 0 Å². The van der Waals surface area contributed by atoms with E-state index in [1.54, 1.807) is 14.0 Å². The summed E-state index contributed by atoms with van der Waals surface area (Å²) in [7, 11) is 1.61. The minimum Gasteiger partial charge on any atom is -0.497 e. The highest BCUT2D eigenvalue weighted by Gasteiger charge is 2.72. The van der Waals surface area contributed by atoms with Crippen molar-refractivity contribution in [1.29, 1.82) is 0 Å². The summed E-state index contributed by atoms with van der Waals surface area (Å²) in [5.74, 6) is -0.696. The third kappa shape index (κ3) is 2.89. The highest BCUT2D eigenvalue weighted by molar-refractivity contribution is 5.27. The van der Waals surface area contributed by atoms with Gasteiger partial charge in [0.25, 0.3) is 0 Å². The Morgan fingerprint density at radius 1 is 0.966 bits per heavy atom. The maximum absolute atomic E-state index is 11.1. The topological polar surface area (TPSA) is 86.6 Å². The lowest BCUT2D eigenvalue weighted by Gasteiger charge is -2.64. The van der Waals surface area contributed by atoms with E-state index >= 15 is 0 Å². The number of hydrogen-bond donors (Lipinski definition) is 2. The lowest BCUT2D eigenvalue weighted by atomic mass is 9.73. The summed E-state index contributed by atoms with van der Waals surface area (Å²) in [4.78, 5) is 0. The van der Waals surface area contributed by atoms with Gasteiger partial charge in [-0.1, -0.05) is 42.5 Å². The largest absolute Gasteiger partial charge is 0.497 e. The first kappa shape index (κ1) is 19.0. The molecule has 7 nitrogen and oxygen atoms in total. The Bertz CT molecular complexity index is 868. The standard InChI is InChI=1S/C22H24O7/c1-21(24)19-16(23)17-18(26-12-13-8-10-15(25-2)11-9-13)20(21)29-22(27-17,28-19)14-6-4-3-5-7-14/h3-11,16-20,23-24H,12H2,1-2H3/t16-,17-,18+,19+,20-,21-,22+/m1/s1. The van der Waals surface area contributed by atoms with Crippen LogP contribution in [0.1, 0.15) is 18.1 Å². The first-order valence-corrected chi connectivity index (χ1v) is 9.68. The molecule has 3 saturated heterocycles. The average molecular weight is 400 g/mol. The van der Waals surface area contributed by atoms with E-state index in [4.69, 9.17) is 23.7 Å². The third-order valence-corrected chi connectivity index (χ3v) is 6.01. The Labute approximate surface area is 168 Å². The first-order chi connectivity index (χ1) is 13.9. The van der Waals surface area contributed by atoms with Gasteiger partial charge < -0.3 is 33.9 Å². The van der Waals surface area contributed by atoms with Crippen molar-refractivity contribution in [2.24, 2.45) is 0 Å². The van der Waals surface area contributed by atoms with Gasteiger partial charge in [0.1, 0.15) is 41.9 Å². The zero-order valence-electron chi connectivity index (χ0n) is 16.2. The summed E-state index contributed by atoms with van der Waals surface area (Å²) in [6, 6.07) is 16.8. The molecule has 154 valence electrons. The van der Waals surface area contributed by atoms with Crippen molar-refractivity contribution in [3.8, 4) is 5.75 Å². The van der Waals surface area contributed by atoms with Gasteiger partial charge >= 0.3 is 5.97 Å². The fourth-order valence-corrected chi connectivity index (χ4v) is 4.43. The van der Waals surface area contributed by atoms with E-state index in [0.29, 0.717) is 5.56 Å². The molecule has 2 aromatic carbocycles. The summed E-state index contributed by atoms with van der Waals surface area (Å²) in [5, 5.41) is 21.9. The minimum absolute atomic E-state index is 0.279. The fourth-order valence-electron chi connectivity index (χ4n) is 4.43. The molecule has 0 radical (unpaired) electrons. The van der Waals surface area contributed by atoms with E-state index in [0.717, 1.165) is 11.3 Å². The van der Waals surface area contributed by atoms with Gasteiger partial charge in [-0.15, -0.1) is 0 Å². The second-order valence-electron chi connectivity index (χ2n) is 7.92. The molecular formula is C22H24O7. The van der Waals surface area contributed by atoms with Crippen LogP contribution >= 0.6 is 0 Å². The smallest absolute Gasteiger partial charge is 0.313 e. The number of ether oxygens (including phenoxy) is 5. The molecule has 0 amide bonds. The lowest BCUT2D eigenvalue weighted by Crippen LogP contribution is -2.82. The van der Waals surface area contributed by atoms with Crippen LogP contribution in [0.15, 0.2) is 54.6 Å². The molecule has 0 spiro atoms. The maximum atomic E-state index is 11.1. The predicted molar refractivity (Wildman–Crippen MR) is 101 cm³/mol. The molecule has 1 saturated carbocycles.